The van der Waals surface area contributed by atoms with E-state index in [4.69, 9.17) is 4.74 Å². The quantitative estimate of drug-likeness (QED) is 0.522. The van der Waals surface area contributed by atoms with Crippen LogP contribution >= 0.6 is 0 Å². The van der Waals surface area contributed by atoms with E-state index in [-0.39, 0.29) is 35.3 Å². The highest BCUT2D eigenvalue weighted by atomic mass is 16.5. The van der Waals surface area contributed by atoms with Gasteiger partial charge in [-0.2, -0.15) is 0 Å². The summed E-state index contributed by atoms with van der Waals surface area (Å²) in [7, 11) is 0. The maximum atomic E-state index is 12.9. The van der Waals surface area contributed by atoms with Crippen molar-refractivity contribution in [3.05, 3.63) is 59.2 Å². The van der Waals surface area contributed by atoms with Gasteiger partial charge in [0, 0.05) is 6.04 Å². The number of ether oxygens (including phenoxy) is 1. The SMILES string of the molecule is CC(C)(C)c1ccc(OCC(=O)Nc2ccccc2C(=O)NC2CCCCC2)c(C(C)(C)C)c1. The van der Waals surface area contributed by atoms with Crippen LogP contribution in [0.1, 0.15) is 95.1 Å². The fourth-order valence-corrected chi connectivity index (χ4v) is 4.34. The van der Waals surface area contributed by atoms with Crippen LogP contribution in [-0.4, -0.2) is 24.5 Å². The number of benzene rings is 2. The molecule has 3 rings (SSSR count). The van der Waals surface area contributed by atoms with Crippen LogP contribution in [-0.2, 0) is 15.6 Å². The van der Waals surface area contributed by atoms with Crippen molar-refractivity contribution in [3.8, 4) is 5.75 Å². The maximum Gasteiger partial charge on any atom is 0.262 e. The monoisotopic (exact) mass is 464 g/mol. The summed E-state index contributed by atoms with van der Waals surface area (Å²) in [6, 6.07) is 13.5. The number of nitrogens with one attached hydrogen (secondary N) is 2. The Morgan fingerprint density at radius 1 is 0.912 bits per heavy atom. The first-order valence-corrected chi connectivity index (χ1v) is 12.4. The normalized spacial score (nSPS) is 15.0. The Bertz CT molecular complexity index is 1010. The topological polar surface area (TPSA) is 67.4 Å². The molecule has 1 aliphatic carbocycles. The third-order valence-corrected chi connectivity index (χ3v) is 6.40. The second-order valence-electron chi connectivity index (χ2n) is 11.4. The predicted octanol–water partition coefficient (Wildman–Crippen LogP) is 6.36. The van der Waals surface area contributed by atoms with E-state index in [1.165, 1.54) is 12.0 Å². The lowest BCUT2D eigenvalue weighted by Gasteiger charge is -2.27. The molecule has 1 fully saturated rings. The molecule has 0 unspecified atom stereocenters. The van der Waals surface area contributed by atoms with Crippen LogP contribution in [0.5, 0.6) is 5.75 Å². The lowest BCUT2D eigenvalue weighted by atomic mass is 9.80. The molecule has 1 saturated carbocycles. The van der Waals surface area contributed by atoms with Crippen molar-refractivity contribution in [2.45, 2.75) is 90.5 Å². The van der Waals surface area contributed by atoms with Gasteiger partial charge in [-0.25, -0.2) is 0 Å². The van der Waals surface area contributed by atoms with Crippen molar-refractivity contribution in [2.24, 2.45) is 0 Å². The number of carbonyl (C=O) groups is 2. The highest BCUT2D eigenvalue weighted by Gasteiger charge is 2.24. The minimum absolute atomic E-state index is 0.0256. The van der Waals surface area contributed by atoms with Crippen LogP contribution in [0.4, 0.5) is 5.69 Å². The molecule has 0 aromatic heterocycles. The standard InChI is InChI=1S/C29H40N2O3/c1-28(2,3)20-16-17-25(23(18-20)29(4,5)6)34-19-26(32)31-24-15-11-10-14-22(24)27(33)30-21-12-8-7-9-13-21/h10-11,14-18,21H,7-9,12-13,19H2,1-6H3,(H,30,33)(H,31,32). The molecule has 0 heterocycles. The van der Waals surface area contributed by atoms with Gasteiger partial charge < -0.3 is 15.4 Å². The van der Waals surface area contributed by atoms with Gasteiger partial charge in [0.25, 0.3) is 11.8 Å². The fourth-order valence-electron chi connectivity index (χ4n) is 4.34. The maximum absolute atomic E-state index is 12.9. The van der Waals surface area contributed by atoms with Gasteiger partial charge in [0.15, 0.2) is 6.61 Å². The van der Waals surface area contributed by atoms with Crippen LogP contribution in [0, 0.1) is 0 Å². The summed E-state index contributed by atoms with van der Waals surface area (Å²) >= 11 is 0. The molecule has 2 aromatic rings. The Labute approximate surface area is 204 Å². The molecule has 0 spiro atoms. The average Bonchev–Trinajstić information content (AvgIpc) is 2.77. The first-order chi connectivity index (χ1) is 15.9. The van der Waals surface area contributed by atoms with Gasteiger partial charge in [-0.05, 0) is 53.0 Å². The van der Waals surface area contributed by atoms with Crippen LogP contribution < -0.4 is 15.4 Å². The Balaban J connectivity index is 1.68. The Morgan fingerprint density at radius 2 is 1.59 bits per heavy atom. The number of amides is 2. The van der Waals surface area contributed by atoms with E-state index in [0.29, 0.717) is 17.0 Å². The van der Waals surface area contributed by atoms with Gasteiger partial charge in [0.2, 0.25) is 0 Å². The number of para-hydroxylation sites is 1. The van der Waals surface area contributed by atoms with Crippen molar-refractivity contribution in [3.63, 3.8) is 0 Å². The van der Waals surface area contributed by atoms with Crippen molar-refractivity contribution in [2.75, 3.05) is 11.9 Å². The summed E-state index contributed by atoms with van der Waals surface area (Å²) in [5.74, 6) is 0.271. The Morgan fingerprint density at radius 3 is 2.24 bits per heavy atom. The molecule has 34 heavy (non-hydrogen) atoms. The summed E-state index contributed by atoms with van der Waals surface area (Å²) in [5.41, 5.74) is 3.18. The highest BCUT2D eigenvalue weighted by Crippen LogP contribution is 2.35. The first-order valence-electron chi connectivity index (χ1n) is 12.4. The molecule has 1 aliphatic rings. The van der Waals surface area contributed by atoms with E-state index in [1.807, 2.05) is 18.2 Å². The zero-order valence-corrected chi connectivity index (χ0v) is 21.6. The zero-order chi connectivity index (χ0) is 24.9. The Hall–Kier alpha value is -2.82. The summed E-state index contributed by atoms with van der Waals surface area (Å²) in [5, 5.41) is 5.99. The Kier molecular flexibility index (Phi) is 8.06. The van der Waals surface area contributed by atoms with Gasteiger partial charge in [0.05, 0.1) is 11.3 Å². The van der Waals surface area contributed by atoms with Gasteiger partial charge >= 0.3 is 0 Å². The molecule has 2 amide bonds. The van der Waals surface area contributed by atoms with Crippen molar-refractivity contribution in [1.29, 1.82) is 0 Å². The van der Waals surface area contributed by atoms with Gasteiger partial charge in [0.1, 0.15) is 5.75 Å². The lowest BCUT2D eigenvalue weighted by molar-refractivity contribution is -0.118. The largest absolute Gasteiger partial charge is 0.483 e. The number of rotatable bonds is 6. The summed E-state index contributed by atoms with van der Waals surface area (Å²) < 4.78 is 5.97. The molecule has 0 aliphatic heterocycles. The van der Waals surface area contributed by atoms with Crippen LogP contribution in [0.25, 0.3) is 0 Å². The van der Waals surface area contributed by atoms with E-state index in [1.54, 1.807) is 12.1 Å². The molecule has 0 bridgehead atoms. The summed E-state index contributed by atoms with van der Waals surface area (Å²) in [4.78, 5) is 25.6. The van der Waals surface area contributed by atoms with Crippen LogP contribution in [0.3, 0.4) is 0 Å². The van der Waals surface area contributed by atoms with Crippen molar-refractivity contribution >= 4 is 17.5 Å². The highest BCUT2D eigenvalue weighted by molar-refractivity contribution is 6.04. The van der Waals surface area contributed by atoms with E-state index in [0.717, 1.165) is 31.2 Å². The van der Waals surface area contributed by atoms with Gasteiger partial charge in [-0.15, -0.1) is 0 Å². The minimum Gasteiger partial charge on any atom is -0.483 e. The average molecular weight is 465 g/mol. The molecule has 184 valence electrons. The number of hydrogen-bond donors (Lipinski definition) is 2. The van der Waals surface area contributed by atoms with E-state index in [2.05, 4.69) is 64.3 Å². The zero-order valence-electron chi connectivity index (χ0n) is 21.6. The summed E-state index contributed by atoms with van der Waals surface area (Å²) in [6.07, 6.45) is 5.55. The van der Waals surface area contributed by atoms with Gasteiger partial charge in [-0.1, -0.05) is 85.1 Å². The number of anilines is 1. The molecule has 2 N–H and O–H groups in total. The summed E-state index contributed by atoms with van der Waals surface area (Å²) in [6.45, 7) is 12.9. The van der Waals surface area contributed by atoms with E-state index >= 15 is 0 Å². The van der Waals surface area contributed by atoms with Crippen molar-refractivity contribution < 1.29 is 14.3 Å². The predicted molar refractivity (Wildman–Crippen MR) is 139 cm³/mol. The third-order valence-electron chi connectivity index (χ3n) is 6.40. The smallest absolute Gasteiger partial charge is 0.262 e. The van der Waals surface area contributed by atoms with Crippen LogP contribution in [0.2, 0.25) is 0 Å². The van der Waals surface area contributed by atoms with E-state index in [9.17, 15) is 9.59 Å². The van der Waals surface area contributed by atoms with Crippen LogP contribution in [0.15, 0.2) is 42.5 Å². The third kappa shape index (κ3) is 6.85. The molecule has 0 radical (unpaired) electrons. The minimum atomic E-state index is -0.294. The van der Waals surface area contributed by atoms with Crippen molar-refractivity contribution in [1.82, 2.24) is 5.32 Å². The molecule has 5 heteroatoms. The lowest BCUT2D eigenvalue weighted by Crippen LogP contribution is -2.36. The molecule has 0 saturated heterocycles. The number of carbonyl (C=O) groups excluding carboxylic acids is 2. The number of hydrogen-bond acceptors (Lipinski definition) is 3. The fraction of sp³-hybridized carbons (Fsp3) is 0.517. The molecule has 0 atom stereocenters. The molecular formula is C29H40N2O3. The molecule has 2 aromatic carbocycles. The molecule has 5 nitrogen and oxygen atoms in total. The second-order valence-corrected chi connectivity index (χ2v) is 11.4. The molecular weight excluding hydrogens is 424 g/mol. The first kappa shape index (κ1) is 25.8. The van der Waals surface area contributed by atoms with Gasteiger partial charge in [-0.3, -0.25) is 9.59 Å². The second kappa shape index (κ2) is 10.6. The van der Waals surface area contributed by atoms with E-state index < -0.39 is 0 Å².